The number of halogens is 3. The molecular weight excluding hydrogens is 349 g/mol. The van der Waals surface area contributed by atoms with Gasteiger partial charge in [-0.2, -0.15) is 13.2 Å². The third-order valence-corrected chi connectivity index (χ3v) is 3.99. The lowest BCUT2D eigenvalue weighted by molar-refractivity contribution is -0.141. The minimum atomic E-state index is -4.83. The van der Waals surface area contributed by atoms with Crippen LogP contribution in [0.3, 0.4) is 0 Å². The quantitative estimate of drug-likeness (QED) is 0.849. The molecule has 0 spiro atoms. The number of aryl methyl sites for hydroxylation is 2. The van der Waals surface area contributed by atoms with E-state index in [-0.39, 0.29) is 11.5 Å². The SMILES string of the molecule is CC(=O)/C(C)=C/c1cc(-n2c(=O)cc(C(F)(F)F)[nH]c2=O)c(C)cc1C. The van der Waals surface area contributed by atoms with Gasteiger partial charge in [0.2, 0.25) is 0 Å². The molecule has 0 fully saturated rings. The second-order valence-corrected chi connectivity index (χ2v) is 6.04. The number of aromatic amines is 1. The van der Waals surface area contributed by atoms with Gasteiger partial charge in [0.05, 0.1) is 5.69 Å². The van der Waals surface area contributed by atoms with Crippen LogP contribution in [0, 0.1) is 13.8 Å². The van der Waals surface area contributed by atoms with Gasteiger partial charge in [-0.05, 0) is 62.1 Å². The van der Waals surface area contributed by atoms with Crippen LogP contribution in [-0.2, 0) is 11.0 Å². The Morgan fingerprint density at radius 1 is 1.08 bits per heavy atom. The van der Waals surface area contributed by atoms with Crippen LogP contribution in [0.5, 0.6) is 0 Å². The summed E-state index contributed by atoms with van der Waals surface area (Å²) < 4.78 is 38.9. The normalized spacial score (nSPS) is 12.3. The number of ketones is 1. The molecular formula is C18H17F3N2O3. The van der Waals surface area contributed by atoms with Crippen molar-refractivity contribution in [2.24, 2.45) is 0 Å². The fraction of sp³-hybridized carbons (Fsp3) is 0.278. The smallest absolute Gasteiger partial charge is 0.303 e. The number of Topliss-reactive ketones (excluding diaryl/α,β-unsaturated/α-hetero) is 1. The van der Waals surface area contributed by atoms with Crippen molar-refractivity contribution in [2.45, 2.75) is 33.9 Å². The van der Waals surface area contributed by atoms with E-state index in [1.165, 1.54) is 13.0 Å². The van der Waals surface area contributed by atoms with Gasteiger partial charge in [0, 0.05) is 6.07 Å². The molecule has 0 amide bonds. The molecule has 0 radical (unpaired) electrons. The highest BCUT2D eigenvalue weighted by molar-refractivity contribution is 5.97. The van der Waals surface area contributed by atoms with Crippen molar-refractivity contribution in [3.63, 3.8) is 0 Å². The van der Waals surface area contributed by atoms with E-state index in [9.17, 15) is 27.6 Å². The van der Waals surface area contributed by atoms with Gasteiger partial charge in [-0.15, -0.1) is 0 Å². The topological polar surface area (TPSA) is 71.9 Å². The molecule has 5 nitrogen and oxygen atoms in total. The first-order chi connectivity index (χ1) is 11.9. The Bertz CT molecular complexity index is 996. The average Bonchev–Trinajstić information content (AvgIpc) is 2.49. The maximum atomic E-state index is 12.7. The van der Waals surface area contributed by atoms with E-state index in [1.807, 2.05) is 0 Å². The molecule has 2 rings (SSSR count). The number of hydrogen-bond donors (Lipinski definition) is 1. The highest BCUT2D eigenvalue weighted by atomic mass is 19.4. The van der Waals surface area contributed by atoms with Crippen molar-refractivity contribution in [1.82, 2.24) is 9.55 Å². The lowest BCUT2D eigenvalue weighted by Crippen LogP contribution is -2.36. The minimum Gasteiger partial charge on any atom is -0.303 e. The van der Waals surface area contributed by atoms with Crippen LogP contribution in [0.25, 0.3) is 11.8 Å². The van der Waals surface area contributed by atoms with E-state index in [1.54, 1.807) is 37.9 Å². The predicted octanol–water partition coefficient (Wildman–Crippen LogP) is 3.15. The van der Waals surface area contributed by atoms with Crippen molar-refractivity contribution in [3.05, 3.63) is 67.0 Å². The van der Waals surface area contributed by atoms with Crippen molar-refractivity contribution in [2.75, 3.05) is 0 Å². The summed E-state index contributed by atoms with van der Waals surface area (Å²) in [6.45, 7) is 6.45. The zero-order chi connectivity index (χ0) is 19.8. The van der Waals surface area contributed by atoms with Crippen molar-refractivity contribution >= 4 is 11.9 Å². The second-order valence-electron chi connectivity index (χ2n) is 6.04. The van der Waals surface area contributed by atoms with Crippen LogP contribution in [-0.4, -0.2) is 15.3 Å². The lowest BCUT2D eigenvalue weighted by Gasteiger charge is -2.13. The standard InChI is InChI=1S/C18H17F3N2O3/c1-9(12(4)24)6-13-7-14(11(3)5-10(13)2)23-16(25)8-15(18(19,20)21)22-17(23)26/h5-8H,1-4H3,(H,22,26)/b9-6+. The summed E-state index contributed by atoms with van der Waals surface area (Å²) >= 11 is 0. The van der Waals surface area contributed by atoms with Crippen molar-refractivity contribution < 1.29 is 18.0 Å². The highest BCUT2D eigenvalue weighted by Crippen LogP contribution is 2.26. The van der Waals surface area contributed by atoms with Gasteiger partial charge in [0.25, 0.3) is 5.56 Å². The van der Waals surface area contributed by atoms with E-state index in [2.05, 4.69) is 0 Å². The van der Waals surface area contributed by atoms with E-state index in [0.717, 1.165) is 5.56 Å². The Morgan fingerprint density at radius 3 is 2.19 bits per heavy atom. The first-order valence-corrected chi connectivity index (χ1v) is 7.66. The van der Waals surface area contributed by atoms with Crippen LogP contribution in [0.2, 0.25) is 0 Å². The van der Waals surface area contributed by atoms with Gasteiger partial charge in [-0.25, -0.2) is 9.36 Å². The van der Waals surface area contributed by atoms with Gasteiger partial charge in [-0.3, -0.25) is 9.59 Å². The molecule has 1 aromatic heterocycles. The number of alkyl halides is 3. The van der Waals surface area contributed by atoms with Gasteiger partial charge >= 0.3 is 11.9 Å². The molecule has 138 valence electrons. The van der Waals surface area contributed by atoms with Crippen LogP contribution in [0.4, 0.5) is 13.2 Å². The van der Waals surface area contributed by atoms with E-state index in [0.29, 0.717) is 27.3 Å². The monoisotopic (exact) mass is 366 g/mol. The molecule has 0 saturated heterocycles. The first kappa shape index (κ1) is 19.4. The van der Waals surface area contributed by atoms with Gasteiger partial charge in [0.15, 0.2) is 5.78 Å². The van der Waals surface area contributed by atoms with Gasteiger partial charge in [-0.1, -0.05) is 6.07 Å². The molecule has 1 heterocycles. The number of carbonyl (C=O) groups is 1. The number of nitrogens with zero attached hydrogens (tertiary/aromatic N) is 1. The van der Waals surface area contributed by atoms with Crippen LogP contribution < -0.4 is 11.2 Å². The zero-order valence-electron chi connectivity index (χ0n) is 14.6. The molecule has 26 heavy (non-hydrogen) atoms. The minimum absolute atomic E-state index is 0.143. The summed E-state index contributed by atoms with van der Waals surface area (Å²) in [5, 5.41) is 0. The van der Waals surface area contributed by atoms with E-state index in [4.69, 9.17) is 0 Å². The number of benzene rings is 1. The Morgan fingerprint density at radius 2 is 1.69 bits per heavy atom. The third kappa shape index (κ3) is 3.84. The number of aromatic nitrogens is 2. The molecule has 0 aliphatic rings. The molecule has 0 aliphatic carbocycles. The molecule has 1 aromatic carbocycles. The lowest BCUT2D eigenvalue weighted by atomic mass is 10.0. The molecule has 0 saturated carbocycles. The molecule has 0 unspecified atom stereocenters. The largest absolute Gasteiger partial charge is 0.431 e. The number of allylic oxidation sites excluding steroid dienone is 1. The molecule has 8 heteroatoms. The number of hydrogen-bond acceptors (Lipinski definition) is 3. The third-order valence-electron chi connectivity index (χ3n) is 3.99. The van der Waals surface area contributed by atoms with Crippen LogP contribution in [0.15, 0.2) is 33.4 Å². The van der Waals surface area contributed by atoms with Crippen LogP contribution in [0.1, 0.15) is 36.2 Å². The molecule has 0 aliphatic heterocycles. The summed E-state index contributed by atoms with van der Waals surface area (Å²) in [4.78, 5) is 37.4. The Balaban J connectivity index is 2.74. The molecule has 2 aromatic rings. The molecule has 0 atom stereocenters. The van der Waals surface area contributed by atoms with Crippen LogP contribution >= 0.6 is 0 Å². The van der Waals surface area contributed by atoms with Crippen molar-refractivity contribution in [1.29, 1.82) is 0 Å². The number of nitrogens with one attached hydrogen (secondary N) is 1. The zero-order valence-corrected chi connectivity index (χ0v) is 14.6. The second kappa shape index (κ2) is 6.78. The predicted molar refractivity (Wildman–Crippen MR) is 91.5 cm³/mol. The number of carbonyl (C=O) groups excluding carboxylic acids is 1. The summed E-state index contributed by atoms with van der Waals surface area (Å²) in [5.74, 6) is -0.143. The van der Waals surface area contributed by atoms with Gasteiger partial charge in [0.1, 0.15) is 5.69 Å². The summed E-state index contributed by atoms with van der Waals surface area (Å²) in [6.07, 6.45) is -3.23. The number of rotatable bonds is 3. The Labute approximate surface area is 146 Å². The highest BCUT2D eigenvalue weighted by Gasteiger charge is 2.33. The molecule has 0 bridgehead atoms. The number of H-pyrrole nitrogens is 1. The summed E-state index contributed by atoms with van der Waals surface area (Å²) in [7, 11) is 0. The summed E-state index contributed by atoms with van der Waals surface area (Å²) in [6, 6.07) is 3.54. The van der Waals surface area contributed by atoms with E-state index < -0.39 is 23.1 Å². The first-order valence-electron chi connectivity index (χ1n) is 7.66. The average molecular weight is 366 g/mol. The maximum Gasteiger partial charge on any atom is 0.431 e. The van der Waals surface area contributed by atoms with E-state index >= 15 is 0 Å². The fourth-order valence-electron chi connectivity index (χ4n) is 2.46. The van der Waals surface area contributed by atoms with Crippen molar-refractivity contribution in [3.8, 4) is 5.69 Å². The Kier molecular flexibility index (Phi) is 5.06. The van der Waals surface area contributed by atoms with Gasteiger partial charge < -0.3 is 4.98 Å². The summed E-state index contributed by atoms with van der Waals surface area (Å²) in [5.41, 5.74) is -1.14. The molecule has 1 N–H and O–H groups in total. The Hall–Kier alpha value is -2.90. The fourth-order valence-corrected chi connectivity index (χ4v) is 2.46. The maximum absolute atomic E-state index is 12.7.